The van der Waals surface area contributed by atoms with Gasteiger partial charge in [0.25, 0.3) is 0 Å². The monoisotopic (exact) mass is 285 g/mol. The van der Waals surface area contributed by atoms with Crippen molar-refractivity contribution in [2.45, 2.75) is 64.0 Å². The van der Waals surface area contributed by atoms with Crippen molar-refractivity contribution in [1.82, 2.24) is 10.3 Å². The molecule has 21 heavy (non-hydrogen) atoms. The molecular weight excluding hydrogens is 258 g/mol. The van der Waals surface area contributed by atoms with Crippen LogP contribution in [0.5, 0.6) is 0 Å². The van der Waals surface area contributed by atoms with E-state index in [-0.39, 0.29) is 0 Å². The van der Waals surface area contributed by atoms with Crippen LogP contribution in [0, 0.1) is 5.41 Å². The Hall–Kier alpha value is -1.09. The first-order chi connectivity index (χ1) is 10.3. The van der Waals surface area contributed by atoms with E-state index in [2.05, 4.69) is 27.3 Å². The summed E-state index contributed by atoms with van der Waals surface area (Å²) in [5, 5.41) is 3.56. The number of nitrogens with zero attached hydrogens (tertiary/aromatic N) is 2. The molecule has 1 aliphatic heterocycles. The van der Waals surface area contributed by atoms with Crippen molar-refractivity contribution < 1.29 is 0 Å². The first-order valence-electron chi connectivity index (χ1n) is 8.76. The Kier molecular flexibility index (Phi) is 3.62. The average Bonchev–Trinajstić information content (AvgIpc) is 3.26. The number of anilines is 1. The molecule has 2 saturated carbocycles. The maximum absolute atomic E-state index is 4.52. The van der Waals surface area contributed by atoms with Crippen molar-refractivity contribution in [3.8, 4) is 0 Å². The van der Waals surface area contributed by atoms with Crippen molar-refractivity contribution >= 4 is 5.69 Å². The van der Waals surface area contributed by atoms with E-state index in [1.54, 1.807) is 0 Å². The van der Waals surface area contributed by atoms with Crippen molar-refractivity contribution in [1.29, 1.82) is 0 Å². The Labute approximate surface area is 128 Å². The lowest BCUT2D eigenvalue weighted by Gasteiger charge is -2.40. The molecule has 2 aliphatic carbocycles. The summed E-state index contributed by atoms with van der Waals surface area (Å²) in [5.41, 5.74) is 3.28. The molecule has 4 rings (SSSR count). The SMILES string of the molecule is c1cc(N2CCC3(CCCC3)CC2)cc(CNC2CC2)n1. The Morgan fingerprint density at radius 2 is 1.90 bits per heavy atom. The fourth-order valence-corrected chi connectivity index (χ4v) is 4.16. The number of hydrogen-bond donors (Lipinski definition) is 1. The van der Waals surface area contributed by atoms with E-state index in [0.717, 1.165) is 12.6 Å². The van der Waals surface area contributed by atoms with Gasteiger partial charge < -0.3 is 10.2 Å². The molecule has 0 bridgehead atoms. The van der Waals surface area contributed by atoms with Gasteiger partial charge in [0.15, 0.2) is 0 Å². The molecule has 0 radical (unpaired) electrons. The number of hydrogen-bond acceptors (Lipinski definition) is 3. The van der Waals surface area contributed by atoms with Crippen LogP contribution in [-0.4, -0.2) is 24.1 Å². The highest BCUT2D eigenvalue weighted by Gasteiger charge is 2.36. The molecule has 1 saturated heterocycles. The second kappa shape index (κ2) is 5.60. The van der Waals surface area contributed by atoms with Gasteiger partial charge in [-0.2, -0.15) is 0 Å². The molecule has 0 amide bonds. The van der Waals surface area contributed by atoms with Crippen LogP contribution in [0.1, 0.15) is 57.1 Å². The number of nitrogens with one attached hydrogen (secondary N) is 1. The van der Waals surface area contributed by atoms with E-state index in [9.17, 15) is 0 Å². The molecule has 1 N–H and O–H groups in total. The van der Waals surface area contributed by atoms with Crippen LogP contribution in [0.4, 0.5) is 5.69 Å². The van der Waals surface area contributed by atoms with Gasteiger partial charge >= 0.3 is 0 Å². The Morgan fingerprint density at radius 3 is 2.62 bits per heavy atom. The lowest BCUT2D eigenvalue weighted by atomic mass is 9.77. The maximum Gasteiger partial charge on any atom is 0.0562 e. The molecule has 1 aromatic rings. The Balaban J connectivity index is 1.38. The van der Waals surface area contributed by atoms with Crippen LogP contribution >= 0.6 is 0 Å². The number of pyridine rings is 1. The normalized spacial score (nSPS) is 24.7. The quantitative estimate of drug-likeness (QED) is 0.918. The summed E-state index contributed by atoms with van der Waals surface area (Å²) in [6.45, 7) is 3.40. The predicted octanol–water partition coefficient (Wildman–Crippen LogP) is 3.49. The van der Waals surface area contributed by atoms with Crippen LogP contribution < -0.4 is 10.2 Å². The highest BCUT2D eigenvalue weighted by molar-refractivity contribution is 5.47. The molecule has 1 aromatic heterocycles. The van der Waals surface area contributed by atoms with Gasteiger partial charge in [0, 0.05) is 37.6 Å². The zero-order valence-electron chi connectivity index (χ0n) is 13.0. The van der Waals surface area contributed by atoms with Crippen LogP contribution in [-0.2, 0) is 6.54 Å². The summed E-state index contributed by atoms with van der Waals surface area (Å²) < 4.78 is 0. The molecule has 0 aromatic carbocycles. The lowest BCUT2D eigenvalue weighted by molar-refractivity contribution is 0.226. The summed E-state index contributed by atoms with van der Waals surface area (Å²) in [6, 6.07) is 5.24. The molecule has 0 atom stereocenters. The molecule has 3 aliphatic rings. The van der Waals surface area contributed by atoms with Crippen LogP contribution in [0.25, 0.3) is 0 Å². The minimum atomic E-state index is 0.708. The fourth-order valence-electron chi connectivity index (χ4n) is 4.16. The largest absolute Gasteiger partial charge is 0.371 e. The van der Waals surface area contributed by atoms with Crippen molar-refractivity contribution in [2.24, 2.45) is 5.41 Å². The molecular formula is C18H27N3. The minimum Gasteiger partial charge on any atom is -0.371 e. The summed E-state index contributed by atoms with van der Waals surface area (Å²) in [5.74, 6) is 0. The summed E-state index contributed by atoms with van der Waals surface area (Å²) in [7, 11) is 0. The molecule has 3 fully saturated rings. The lowest BCUT2D eigenvalue weighted by Crippen LogP contribution is -2.38. The van der Waals surface area contributed by atoms with Crippen LogP contribution in [0.3, 0.4) is 0 Å². The topological polar surface area (TPSA) is 28.2 Å². The van der Waals surface area contributed by atoms with Gasteiger partial charge in [0.2, 0.25) is 0 Å². The second-order valence-corrected chi connectivity index (χ2v) is 7.35. The molecule has 0 unspecified atom stereocenters. The summed E-state index contributed by atoms with van der Waals surface area (Å²) in [4.78, 5) is 7.09. The van der Waals surface area contributed by atoms with Crippen molar-refractivity contribution in [2.75, 3.05) is 18.0 Å². The third-order valence-corrected chi connectivity index (χ3v) is 5.80. The number of aromatic nitrogens is 1. The molecule has 3 heteroatoms. The van der Waals surface area contributed by atoms with Crippen LogP contribution in [0.2, 0.25) is 0 Å². The van der Waals surface area contributed by atoms with E-state index in [0.29, 0.717) is 5.41 Å². The third-order valence-electron chi connectivity index (χ3n) is 5.80. The Bertz CT molecular complexity index is 479. The molecule has 2 heterocycles. The predicted molar refractivity (Wildman–Crippen MR) is 86.4 cm³/mol. The molecule has 1 spiro atoms. The highest BCUT2D eigenvalue weighted by Crippen LogP contribution is 2.46. The zero-order valence-corrected chi connectivity index (χ0v) is 13.0. The standard InChI is InChI=1S/C18H27N3/c1-2-7-18(6-1)8-11-21(12-9-18)17-5-10-19-16(13-17)14-20-15-3-4-15/h5,10,13,15,20H,1-4,6-9,11-12,14H2. The zero-order chi connectivity index (χ0) is 14.1. The van der Waals surface area contributed by atoms with Gasteiger partial charge in [-0.15, -0.1) is 0 Å². The van der Waals surface area contributed by atoms with Crippen molar-refractivity contribution in [3.63, 3.8) is 0 Å². The van der Waals surface area contributed by atoms with Gasteiger partial charge in [0.1, 0.15) is 0 Å². The molecule has 114 valence electrons. The number of piperidine rings is 1. The van der Waals surface area contributed by atoms with Gasteiger partial charge in [-0.3, -0.25) is 4.98 Å². The van der Waals surface area contributed by atoms with Gasteiger partial charge in [-0.1, -0.05) is 12.8 Å². The smallest absolute Gasteiger partial charge is 0.0562 e. The van der Waals surface area contributed by atoms with E-state index >= 15 is 0 Å². The highest BCUT2D eigenvalue weighted by atomic mass is 15.1. The van der Waals surface area contributed by atoms with E-state index in [1.165, 1.54) is 75.8 Å². The number of rotatable bonds is 4. The van der Waals surface area contributed by atoms with Crippen LogP contribution in [0.15, 0.2) is 18.3 Å². The van der Waals surface area contributed by atoms with E-state index in [1.807, 2.05) is 6.20 Å². The van der Waals surface area contributed by atoms with Crippen molar-refractivity contribution in [3.05, 3.63) is 24.0 Å². The Morgan fingerprint density at radius 1 is 1.14 bits per heavy atom. The average molecular weight is 285 g/mol. The van der Waals surface area contributed by atoms with Gasteiger partial charge in [0.05, 0.1) is 5.69 Å². The summed E-state index contributed by atoms with van der Waals surface area (Å²) >= 11 is 0. The third kappa shape index (κ3) is 3.08. The molecule has 3 nitrogen and oxygen atoms in total. The van der Waals surface area contributed by atoms with E-state index < -0.39 is 0 Å². The first kappa shape index (κ1) is 13.6. The van der Waals surface area contributed by atoms with Gasteiger partial charge in [-0.25, -0.2) is 0 Å². The van der Waals surface area contributed by atoms with Gasteiger partial charge in [-0.05, 0) is 56.1 Å². The minimum absolute atomic E-state index is 0.708. The summed E-state index contributed by atoms with van der Waals surface area (Å²) in [6.07, 6.45) is 13.3. The second-order valence-electron chi connectivity index (χ2n) is 7.35. The maximum atomic E-state index is 4.52. The fraction of sp³-hybridized carbons (Fsp3) is 0.722. The van der Waals surface area contributed by atoms with E-state index in [4.69, 9.17) is 0 Å². The first-order valence-corrected chi connectivity index (χ1v) is 8.76.